The van der Waals surface area contributed by atoms with Crippen LogP contribution in [0, 0.1) is 12.7 Å². The summed E-state index contributed by atoms with van der Waals surface area (Å²) in [6, 6.07) is 9.66. The topological polar surface area (TPSA) is 76.7 Å². The third-order valence-electron chi connectivity index (χ3n) is 3.78. The number of ether oxygens (including phenoxy) is 2. The van der Waals surface area contributed by atoms with Gasteiger partial charge in [-0.1, -0.05) is 12.1 Å². The SMILES string of the molecule is COc1ccc(CCNC(=O)C(=O)Nc2ccc(C)c(F)c2)cc1OC. The lowest BCUT2D eigenvalue weighted by Gasteiger charge is -2.10. The zero-order valence-corrected chi connectivity index (χ0v) is 14.9. The van der Waals surface area contributed by atoms with E-state index in [0.717, 1.165) is 5.56 Å². The number of hydrogen-bond acceptors (Lipinski definition) is 4. The highest BCUT2D eigenvalue weighted by molar-refractivity contribution is 6.39. The molecule has 0 saturated carbocycles. The smallest absolute Gasteiger partial charge is 0.313 e. The first-order valence-corrected chi connectivity index (χ1v) is 8.01. The van der Waals surface area contributed by atoms with Crippen molar-refractivity contribution in [3.05, 3.63) is 53.3 Å². The Morgan fingerprint density at radius 2 is 1.73 bits per heavy atom. The molecule has 0 atom stereocenters. The molecule has 0 fully saturated rings. The second-order valence-electron chi connectivity index (χ2n) is 5.61. The Labute approximate surface area is 151 Å². The van der Waals surface area contributed by atoms with Crippen molar-refractivity contribution in [2.24, 2.45) is 0 Å². The molecule has 0 unspecified atom stereocenters. The molecule has 138 valence electrons. The number of carbonyl (C=O) groups is 2. The largest absolute Gasteiger partial charge is 0.493 e. The molecule has 0 spiro atoms. The van der Waals surface area contributed by atoms with E-state index >= 15 is 0 Å². The summed E-state index contributed by atoms with van der Waals surface area (Å²) < 4.78 is 23.8. The van der Waals surface area contributed by atoms with Crippen LogP contribution in [0.15, 0.2) is 36.4 Å². The average molecular weight is 360 g/mol. The van der Waals surface area contributed by atoms with E-state index in [9.17, 15) is 14.0 Å². The molecule has 0 saturated heterocycles. The van der Waals surface area contributed by atoms with Gasteiger partial charge in [0.2, 0.25) is 0 Å². The lowest BCUT2D eigenvalue weighted by molar-refractivity contribution is -0.136. The Balaban J connectivity index is 1.86. The maximum absolute atomic E-state index is 13.5. The third kappa shape index (κ3) is 4.95. The summed E-state index contributed by atoms with van der Waals surface area (Å²) in [5.41, 5.74) is 1.61. The number of nitrogens with one attached hydrogen (secondary N) is 2. The molecule has 0 aromatic heterocycles. The van der Waals surface area contributed by atoms with E-state index in [0.29, 0.717) is 23.5 Å². The van der Waals surface area contributed by atoms with Gasteiger partial charge in [-0.15, -0.1) is 0 Å². The zero-order valence-electron chi connectivity index (χ0n) is 14.9. The molecule has 6 nitrogen and oxygen atoms in total. The maximum atomic E-state index is 13.5. The summed E-state index contributed by atoms with van der Waals surface area (Å²) in [5, 5.41) is 4.89. The van der Waals surface area contributed by atoms with Crippen LogP contribution in [-0.2, 0) is 16.0 Å². The van der Waals surface area contributed by atoms with E-state index in [1.807, 2.05) is 6.07 Å². The quantitative estimate of drug-likeness (QED) is 0.776. The van der Waals surface area contributed by atoms with Gasteiger partial charge >= 0.3 is 11.8 Å². The third-order valence-corrected chi connectivity index (χ3v) is 3.78. The number of methoxy groups -OCH3 is 2. The van der Waals surface area contributed by atoms with Crippen molar-refractivity contribution in [1.29, 1.82) is 0 Å². The number of rotatable bonds is 6. The standard InChI is InChI=1S/C19H21FN2O4/c1-12-4-6-14(11-15(12)20)22-19(24)18(23)21-9-8-13-5-7-16(25-2)17(10-13)26-3/h4-7,10-11H,8-9H2,1-3H3,(H,21,23)(H,22,24). The number of amides is 2. The van der Waals surface area contributed by atoms with Gasteiger partial charge in [-0.2, -0.15) is 0 Å². The second kappa shape index (κ2) is 8.84. The van der Waals surface area contributed by atoms with Crippen LogP contribution in [0.4, 0.5) is 10.1 Å². The molecule has 2 aromatic rings. The summed E-state index contributed by atoms with van der Waals surface area (Å²) in [6.45, 7) is 1.88. The van der Waals surface area contributed by atoms with E-state index in [1.54, 1.807) is 33.3 Å². The van der Waals surface area contributed by atoms with Gasteiger partial charge in [0.25, 0.3) is 0 Å². The molecule has 0 bridgehead atoms. The number of anilines is 1. The van der Waals surface area contributed by atoms with Crippen molar-refractivity contribution in [1.82, 2.24) is 5.32 Å². The van der Waals surface area contributed by atoms with Crippen molar-refractivity contribution in [3.8, 4) is 11.5 Å². The molecular formula is C19H21FN2O4. The predicted molar refractivity (Wildman–Crippen MR) is 96.0 cm³/mol. The van der Waals surface area contributed by atoms with Crippen molar-refractivity contribution < 1.29 is 23.5 Å². The monoisotopic (exact) mass is 360 g/mol. The minimum absolute atomic E-state index is 0.230. The highest BCUT2D eigenvalue weighted by atomic mass is 19.1. The first-order chi connectivity index (χ1) is 12.4. The number of halogens is 1. The van der Waals surface area contributed by atoms with Crippen LogP contribution < -0.4 is 20.1 Å². The molecular weight excluding hydrogens is 339 g/mol. The summed E-state index contributed by atoms with van der Waals surface area (Å²) in [4.78, 5) is 23.7. The Kier molecular flexibility index (Phi) is 6.54. The minimum Gasteiger partial charge on any atom is -0.493 e. The number of carbonyl (C=O) groups excluding carboxylic acids is 2. The van der Waals surface area contributed by atoms with Gasteiger partial charge in [-0.25, -0.2) is 4.39 Å². The van der Waals surface area contributed by atoms with E-state index < -0.39 is 17.6 Å². The summed E-state index contributed by atoms with van der Waals surface area (Å²) in [7, 11) is 3.10. The molecule has 2 rings (SSSR count). The molecule has 0 aliphatic rings. The predicted octanol–water partition coefficient (Wildman–Crippen LogP) is 2.45. The van der Waals surface area contributed by atoms with Gasteiger partial charge in [0.15, 0.2) is 11.5 Å². The fourth-order valence-corrected chi connectivity index (χ4v) is 2.30. The lowest BCUT2D eigenvalue weighted by atomic mass is 10.1. The summed E-state index contributed by atoms with van der Waals surface area (Å²) >= 11 is 0. The van der Waals surface area contributed by atoms with Gasteiger partial charge < -0.3 is 20.1 Å². The highest BCUT2D eigenvalue weighted by Gasteiger charge is 2.14. The van der Waals surface area contributed by atoms with Crippen molar-refractivity contribution in [2.75, 3.05) is 26.1 Å². The lowest BCUT2D eigenvalue weighted by Crippen LogP contribution is -2.36. The Morgan fingerprint density at radius 1 is 1.00 bits per heavy atom. The maximum Gasteiger partial charge on any atom is 0.313 e. The van der Waals surface area contributed by atoms with Crippen molar-refractivity contribution in [2.45, 2.75) is 13.3 Å². The number of aryl methyl sites for hydroxylation is 1. The molecule has 0 aliphatic heterocycles. The van der Waals surface area contributed by atoms with E-state index in [2.05, 4.69) is 10.6 Å². The zero-order chi connectivity index (χ0) is 19.1. The normalized spacial score (nSPS) is 10.2. The molecule has 2 aromatic carbocycles. The van der Waals surface area contributed by atoms with Gasteiger partial charge in [0.1, 0.15) is 5.82 Å². The van der Waals surface area contributed by atoms with Crippen LogP contribution in [-0.4, -0.2) is 32.6 Å². The van der Waals surface area contributed by atoms with E-state index in [-0.39, 0.29) is 12.2 Å². The second-order valence-corrected chi connectivity index (χ2v) is 5.61. The number of hydrogen-bond donors (Lipinski definition) is 2. The molecule has 2 N–H and O–H groups in total. The van der Waals surface area contributed by atoms with Crippen LogP contribution in [0.5, 0.6) is 11.5 Å². The van der Waals surface area contributed by atoms with Crippen LogP contribution in [0.25, 0.3) is 0 Å². The minimum atomic E-state index is -0.847. The van der Waals surface area contributed by atoms with E-state index in [1.165, 1.54) is 18.2 Å². The van der Waals surface area contributed by atoms with Crippen molar-refractivity contribution >= 4 is 17.5 Å². The average Bonchev–Trinajstić information content (AvgIpc) is 2.64. The fraction of sp³-hybridized carbons (Fsp3) is 0.263. The summed E-state index contributed by atoms with van der Waals surface area (Å²) in [5.74, 6) is -0.871. The molecule has 0 aliphatic carbocycles. The first-order valence-electron chi connectivity index (χ1n) is 8.01. The first kappa shape index (κ1) is 19.2. The van der Waals surface area contributed by atoms with Crippen LogP contribution >= 0.6 is 0 Å². The van der Waals surface area contributed by atoms with Crippen LogP contribution in [0.3, 0.4) is 0 Å². The Hall–Kier alpha value is -3.09. The van der Waals surface area contributed by atoms with Crippen LogP contribution in [0.2, 0.25) is 0 Å². The van der Waals surface area contributed by atoms with Gasteiger partial charge in [0.05, 0.1) is 14.2 Å². The molecule has 2 amide bonds. The molecule has 26 heavy (non-hydrogen) atoms. The molecule has 0 heterocycles. The van der Waals surface area contributed by atoms with Crippen LogP contribution in [0.1, 0.15) is 11.1 Å². The molecule has 7 heteroatoms. The summed E-state index contributed by atoms with van der Waals surface area (Å²) in [6.07, 6.45) is 0.512. The Bertz CT molecular complexity index is 808. The van der Waals surface area contributed by atoms with Gasteiger partial charge in [0, 0.05) is 12.2 Å². The van der Waals surface area contributed by atoms with Crippen molar-refractivity contribution in [3.63, 3.8) is 0 Å². The Morgan fingerprint density at radius 3 is 2.38 bits per heavy atom. The van der Waals surface area contributed by atoms with Gasteiger partial charge in [-0.05, 0) is 48.7 Å². The highest BCUT2D eigenvalue weighted by Crippen LogP contribution is 2.27. The van der Waals surface area contributed by atoms with E-state index in [4.69, 9.17) is 9.47 Å². The molecule has 0 radical (unpaired) electrons. The van der Waals surface area contributed by atoms with Gasteiger partial charge in [-0.3, -0.25) is 9.59 Å². The number of benzene rings is 2. The fourth-order valence-electron chi connectivity index (χ4n) is 2.30.